The van der Waals surface area contributed by atoms with Crippen molar-refractivity contribution >= 4 is 17.5 Å². The second-order valence-electron chi connectivity index (χ2n) is 5.97. The Morgan fingerprint density at radius 2 is 1.79 bits per heavy atom. The summed E-state index contributed by atoms with van der Waals surface area (Å²) in [5.74, 6) is 1.09. The molecule has 1 saturated heterocycles. The zero-order chi connectivity index (χ0) is 16.5. The Morgan fingerprint density at radius 3 is 2.50 bits per heavy atom. The topological polar surface area (TPSA) is 49.0 Å². The Kier molecular flexibility index (Phi) is 3.82. The first-order valence-electron chi connectivity index (χ1n) is 7.86. The van der Waals surface area contributed by atoms with E-state index in [9.17, 15) is 4.79 Å². The molecule has 1 N–H and O–H groups in total. The molecule has 1 amide bonds. The number of H-pyrrole nitrogens is 1. The van der Waals surface area contributed by atoms with Crippen molar-refractivity contribution in [1.82, 2.24) is 14.9 Å². The minimum atomic E-state index is -0.00473. The largest absolute Gasteiger partial charge is 0.336 e. The van der Waals surface area contributed by atoms with Gasteiger partial charge in [0.25, 0.3) is 5.91 Å². The molecule has 4 nitrogen and oxygen atoms in total. The number of hydrogen-bond acceptors (Lipinski definition) is 2. The smallest absolute Gasteiger partial charge is 0.271 e. The average Bonchev–Trinajstić information content (AvgIpc) is 3.06. The molecule has 0 bridgehead atoms. The molecule has 1 aliphatic rings. The van der Waals surface area contributed by atoms with E-state index in [0.29, 0.717) is 17.4 Å². The van der Waals surface area contributed by atoms with Crippen LogP contribution in [0.2, 0.25) is 5.02 Å². The van der Waals surface area contributed by atoms with Crippen molar-refractivity contribution < 1.29 is 4.79 Å². The number of carbonyl (C=O) groups excluding carboxylic acids is 1. The van der Waals surface area contributed by atoms with Gasteiger partial charge in [-0.05, 0) is 17.7 Å². The summed E-state index contributed by atoms with van der Waals surface area (Å²) in [7, 11) is 0. The van der Waals surface area contributed by atoms with Crippen molar-refractivity contribution in [2.24, 2.45) is 0 Å². The second kappa shape index (κ2) is 6.13. The van der Waals surface area contributed by atoms with Crippen LogP contribution in [0.4, 0.5) is 0 Å². The number of nitrogens with zero attached hydrogens (tertiary/aromatic N) is 2. The van der Waals surface area contributed by atoms with Gasteiger partial charge in [-0.3, -0.25) is 4.79 Å². The first-order chi connectivity index (χ1) is 11.7. The Balaban J connectivity index is 1.43. The van der Waals surface area contributed by atoms with Crippen molar-refractivity contribution in [2.45, 2.75) is 5.92 Å². The van der Waals surface area contributed by atoms with Crippen molar-refractivity contribution in [3.05, 3.63) is 77.1 Å². The lowest BCUT2D eigenvalue weighted by Gasteiger charge is -2.39. The van der Waals surface area contributed by atoms with E-state index in [1.165, 1.54) is 5.56 Å². The molecule has 0 atom stereocenters. The molecule has 3 aromatic rings. The Labute approximate surface area is 145 Å². The van der Waals surface area contributed by atoms with Gasteiger partial charge in [-0.2, -0.15) is 0 Å². The fraction of sp³-hybridized carbons (Fsp3) is 0.158. The molecule has 24 heavy (non-hydrogen) atoms. The van der Waals surface area contributed by atoms with Gasteiger partial charge in [0.1, 0.15) is 11.5 Å². The Bertz CT molecular complexity index is 852. The first kappa shape index (κ1) is 15.0. The van der Waals surface area contributed by atoms with Crippen molar-refractivity contribution in [3.8, 4) is 11.4 Å². The van der Waals surface area contributed by atoms with Crippen LogP contribution in [0, 0.1) is 0 Å². The van der Waals surface area contributed by atoms with Crippen LogP contribution in [-0.2, 0) is 0 Å². The van der Waals surface area contributed by atoms with E-state index in [4.69, 9.17) is 11.6 Å². The molecule has 0 aliphatic carbocycles. The Hall–Kier alpha value is -2.59. The summed E-state index contributed by atoms with van der Waals surface area (Å²) in [6.45, 7) is 1.44. The molecular weight excluding hydrogens is 322 g/mol. The zero-order valence-electron chi connectivity index (χ0n) is 12.9. The molecule has 2 aromatic carbocycles. The number of halogens is 1. The highest BCUT2D eigenvalue weighted by Crippen LogP contribution is 2.29. The summed E-state index contributed by atoms with van der Waals surface area (Å²) in [5.41, 5.74) is 2.72. The van der Waals surface area contributed by atoms with Gasteiger partial charge in [-0.15, -0.1) is 0 Å². The lowest BCUT2D eigenvalue weighted by Crippen LogP contribution is -2.48. The van der Waals surface area contributed by atoms with E-state index in [1.807, 2.05) is 59.5 Å². The predicted molar refractivity (Wildman–Crippen MR) is 94.1 cm³/mol. The van der Waals surface area contributed by atoms with Gasteiger partial charge in [0, 0.05) is 29.6 Å². The third kappa shape index (κ3) is 2.81. The van der Waals surface area contributed by atoms with Crippen LogP contribution in [0.25, 0.3) is 11.4 Å². The molecule has 0 unspecified atom stereocenters. The fourth-order valence-electron chi connectivity index (χ4n) is 2.93. The van der Waals surface area contributed by atoms with Crippen molar-refractivity contribution in [1.29, 1.82) is 0 Å². The number of aromatic nitrogens is 2. The lowest BCUT2D eigenvalue weighted by molar-refractivity contribution is 0.0597. The van der Waals surface area contributed by atoms with Gasteiger partial charge in [0.15, 0.2) is 0 Å². The number of amides is 1. The maximum absolute atomic E-state index is 12.5. The molecule has 2 heterocycles. The Morgan fingerprint density at radius 1 is 1.08 bits per heavy atom. The van der Waals surface area contributed by atoms with Gasteiger partial charge in [0.05, 0.1) is 6.20 Å². The SMILES string of the molecule is O=C(c1cnc(-c2ccccc2)[nH]1)N1CC(c2ccc(Cl)cc2)C1. The van der Waals surface area contributed by atoms with Crippen molar-refractivity contribution in [3.63, 3.8) is 0 Å². The first-order valence-corrected chi connectivity index (χ1v) is 8.23. The number of imidazole rings is 1. The second-order valence-corrected chi connectivity index (χ2v) is 6.41. The van der Waals surface area contributed by atoms with Gasteiger partial charge in [0.2, 0.25) is 0 Å². The van der Waals surface area contributed by atoms with E-state index in [-0.39, 0.29) is 5.91 Å². The fourth-order valence-corrected chi connectivity index (χ4v) is 3.06. The van der Waals surface area contributed by atoms with E-state index < -0.39 is 0 Å². The minimum Gasteiger partial charge on any atom is -0.336 e. The summed E-state index contributed by atoms with van der Waals surface area (Å²) >= 11 is 5.91. The highest BCUT2D eigenvalue weighted by atomic mass is 35.5. The number of nitrogens with one attached hydrogen (secondary N) is 1. The van der Waals surface area contributed by atoms with E-state index in [1.54, 1.807) is 6.20 Å². The monoisotopic (exact) mass is 337 g/mol. The number of benzene rings is 2. The number of hydrogen-bond donors (Lipinski definition) is 1. The number of rotatable bonds is 3. The normalized spacial score (nSPS) is 14.5. The predicted octanol–water partition coefficient (Wildman–Crippen LogP) is 3.97. The van der Waals surface area contributed by atoms with Crippen LogP contribution < -0.4 is 0 Å². The molecule has 0 radical (unpaired) electrons. The molecule has 5 heteroatoms. The number of aromatic amines is 1. The van der Waals surface area contributed by atoms with Gasteiger partial charge in [-0.25, -0.2) is 4.98 Å². The lowest BCUT2D eigenvalue weighted by atomic mass is 9.91. The van der Waals surface area contributed by atoms with Crippen LogP contribution in [0.1, 0.15) is 22.0 Å². The molecule has 0 saturated carbocycles. The average molecular weight is 338 g/mol. The van der Waals surface area contributed by atoms with E-state index in [2.05, 4.69) is 9.97 Å². The van der Waals surface area contributed by atoms with Gasteiger partial charge < -0.3 is 9.88 Å². The molecule has 1 aliphatic heterocycles. The van der Waals surface area contributed by atoms with Gasteiger partial charge in [-0.1, -0.05) is 54.1 Å². The summed E-state index contributed by atoms with van der Waals surface area (Å²) in [6, 6.07) is 17.6. The summed E-state index contributed by atoms with van der Waals surface area (Å²) in [4.78, 5) is 21.8. The molecule has 1 aromatic heterocycles. The summed E-state index contributed by atoms with van der Waals surface area (Å²) < 4.78 is 0. The maximum Gasteiger partial charge on any atom is 0.271 e. The van der Waals surface area contributed by atoms with Crippen LogP contribution in [0.5, 0.6) is 0 Å². The molecule has 0 spiro atoms. The van der Waals surface area contributed by atoms with Gasteiger partial charge >= 0.3 is 0 Å². The minimum absolute atomic E-state index is 0.00473. The van der Waals surface area contributed by atoms with Crippen LogP contribution >= 0.6 is 11.6 Å². The molecular formula is C19H16ClN3O. The quantitative estimate of drug-likeness (QED) is 0.786. The molecule has 4 rings (SSSR count). The zero-order valence-corrected chi connectivity index (χ0v) is 13.7. The summed E-state index contributed by atoms with van der Waals surface area (Å²) in [6.07, 6.45) is 1.61. The third-order valence-electron chi connectivity index (χ3n) is 4.36. The van der Waals surface area contributed by atoms with Crippen molar-refractivity contribution in [2.75, 3.05) is 13.1 Å². The highest BCUT2D eigenvalue weighted by Gasteiger charge is 2.32. The van der Waals surface area contributed by atoms with Crippen LogP contribution in [0.3, 0.4) is 0 Å². The molecule has 120 valence electrons. The van der Waals surface area contributed by atoms with Crippen LogP contribution in [-0.4, -0.2) is 33.9 Å². The maximum atomic E-state index is 12.5. The van der Waals surface area contributed by atoms with Crippen LogP contribution in [0.15, 0.2) is 60.8 Å². The summed E-state index contributed by atoms with van der Waals surface area (Å²) in [5, 5.41) is 0.733. The number of carbonyl (C=O) groups is 1. The number of likely N-dealkylation sites (tertiary alicyclic amines) is 1. The standard InChI is InChI=1S/C19H16ClN3O/c20-16-8-6-13(7-9-16)15-11-23(12-15)19(24)17-10-21-18(22-17)14-4-2-1-3-5-14/h1-10,15H,11-12H2,(H,21,22). The van der Waals surface area contributed by atoms with E-state index >= 15 is 0 Å². The third-order valence-corrected chi connectivity index (χ3v) is 4.62. The highest BCUT2D eigenvalue weighted by molar-refractivity contribution is 6.30. The van der Waals surface area contributed by atoms with E-state index in [0.717, 1.165) is 23.7 Å². The molecule has 1 fully saturated rings.